The van der Waals surface area contributed by atoms with Gasteiger partial charge in [-0.05, 0) is 46.0 Å². The lowest BCUT2D eigenvalue weighted by Crippen LogP contribution is -2.43. The molecule has 1 spiro atoms. The number of fused-ring (bicyclic) bond motifs is 8. The van der Waals surface area contributed by atoms with E-state index in [9.17, 15) is 5.26 Å². The van der Waals surface area contributed by atoms with Crippen LogP contribution in [0.4, 0.5) is 0 Å². The largest absolute Gasteiger partial charge is 0.456 e. The van der Waals surface area contributed by atoms with Crippen molar-refractivity contribution < 1.29 is 4.74 Å². The lowest BCUT2D eigenvalue weighted by atomic mass is 9.53. The van der Waals surface area contributed by atoms with E-state index < -0.39 is 5.41 Å². The van der Waals surface area contributed by atoms with Crippen molar-refractivity contribution in [3.8, 4) is 28.7 Å². The molecule has 0 bridgehead atoms. The molecule has 0 unspecified atom stereocenters. The number of nitriles is 1. The molecule has 5 aromatic carbocycles. The molecular weight excluding hydrogens is 450 g/mol. The third kappa shape index (κ3) is 2.80. The second-order valence-electron chi connectivity index (χ2n) is 10.4. The summed E-state index contributed by atoms with van der Waals surface area (Å²) in [5.41, 5.74) is 9.43. The van der Waals surface area contributed by atoms with Gasteiger partial charge in [-0.25, -0.2) is 0 Å². The summed E-state index contributed by atoms with van der Waals surface area (Å²) in [6.45, 7) is 4.65. The van der Waals surface area contributed by atoms with Crippen molar-refractivity contribution in [2.45, 2.75) is 24.7 Å². The van der Waals surface area contributed by atoms with Crippen molar-refractivity contribution in [2.75, 3.05) is 0 Å². The van der Waals surface area contributed by atoms with Crippen LogP contribution in [-0.4, -0.2) is 0 Å². The highest BCUT2D eigenvalue weighted by molar-refractivity contribution is 5.82. The first-order chi connectivity index (χ1) is 18.1. The Morgan fingerprint density at radius 1 is 0.595 bits per heavy atom. The van der Waals surface area contributed by atoms with Crippen LogP contribution in [0.3, 0.4) is 0 Å². The van der Waals surface area contributed by atoms with Crippen LogP contribution in [0.2, 0.25) is 0 Å². The summed E-state index contributed by atoms with van der Waals surface area (Å²) in [7, 11) is 0. The van der Waals surface area contributed by atoms with E-state index in [4.69, 9.17) is 4.74 Å². The minimum absolute atomic E-state index is 0.148. The number of hydrogen-bond donors (Lipinski definition) is 0. The molecule has 0 amide bonds. The predicted octanol–water partition coefficient (Wildman–Crippen LogP) is 8.35. The van der Waals surface area contributed by atoms with Crippen molar-refractivity contribution in [2.24, 2.45) is 0 Å². The number of para-hydroxylation sites is 2. The van der Waals surface area contributed by atoms with Crippen LogP contribution in [-0.2, 0) is 10.8 Å². The fraction of sp³-hybridized carbons (Fsp3) is 0.114. The number of rotatable bonds is 1. The quantitative estimate of drug-likeness (QED) is 0.239. The van der Waals surface area contributed by atoms with Gasteiger partial charge in [0.05, 0.1) is 17.0 Å². The summed E-state index contributed by atoms with van der Waals surface area (Å²) < 4.78 is 6.76. The average Bonchev–Trinajstić information content (AvgIpc) is 2.95. The molecule has 0 radical (unpaired) electrons. The van der Waals surface area contributed by atoms with Crippen molar-refractivity contribution >= 4 is 0 Å². The van der Waals surface area contributed by atoms with Crippen molar-refractivity contribution in [1.82, 2.24) is 0 Å². The van der Waals surface area contributed by atoms with Gasteiger partial charge in [-0.3, -0.25) is 0 Å². The summed E-state index contributed by atoms with van der Waals surface area (Å²) in [6.07, 6.45) is 0. The van der Waals surface area contributed by atoms with E-state index in [1.807, 2.05) is 24.3 Å². The van der Waals surface area contributed by atoms with Gasteiger partial charge >= 0.3 is 0 Å². The van der Waals surface area contributed by atoms with E-state index in [-0.39, 0.29) is 5.41 Å². The number of ether oxygens (including phenoxy) is 1. The maximum atomic E-state index is 9.56. The normalized spacial score (nSPS) is 15.4. The van der Waals surface area contributed by atoms with E-state index in [0.29, 0.717) is 5.56 Å². The van der Waals surface area contributed by atoms with Crippen LogP contribution in [0.1, 0.15) is 52.8 Å². The summed E-state index contributed by atoms with van der Waals surface area (Å²) in [4.78, 5) is 0. The Labute approximate surface area is 217 Å². The van der Waals surface area contributed by atoms with Crippen molar-refractivity contribution in [3.63, 3.8) is 0 Å². The highest BCUT2D eigenvalue weighted by Crippen LogP contribution is 2.62. The minimum Gasteiger partial charge on any atom is -0.456 e. The zero-order valence-corrected chi connectivity index (χ0v) is 20.8. The van der Waals surface area contributed by atoms with E-state index >= 15 is 0 Å². The highest BCUT2D eigenvalue weighted by Gasteiger charge is 2.53. The number of hydrogen-bond acceptors (Lipinski definition) is 2. The third-order valence-electron chi connectivity index (χ3n) is 8.23. The van der Waals surface area contributed by atoms with Gasteiger partial charge in [0.1, 0.15) is 11.5 Å². The molecular formula is C35H25NO. The summed E-state index contributed by atoms with van der Waals surface area (Å²) in [5.74, 6) is 1.71. The molecule has 0 aromatic heterocycles. The molecule has 176 valence electrons. The molecule has 0 saturated carbocycles. The number of nitrogens with zero attached hydrogens (tertiary/aromatic N) is 1. The van der Waals surface area contributed by atoms with Crippen LogP contribution in [0, 0.1) is 11.3 Å². The zero-order valence-electron chi connectivity index (χ0n) is 20.8. The summed E-state index contributed by atoms with van der Waals surface area (Å²) in [6, 6.07) is 42.7. The van der Waals surface area contributed by atoms with E-state index in [0.717, 1.165) is 33.8 Å². The van der Waals surface area contributed by atoms with Gasteiger partial charge in [0.25, 0.3) is 0 Å². The Hall–Kier alpha value is -4.61. The number of benzene rings is 5. The minimum atomic E-state index is -0.532. The fourth-order valence-electron chi connectivity index (χ4n) is 6.63. The van der Waals surface area contributed by atoms with Gasteiger partial charge in [-0.15, -0.1) is 0 Å². The molecule has 1 aliphatic heterocycles. The van der Waals surface area contributed by atoms with Crippen LogP contribution in [0.15, 0.2) is 115 Å². The predicted molar refractivity (Wildman–Crippen MR) is 147 cm³/mol. The SMILES string of the molecule is CC1(C)c2ccccc2C2(c3ccccc3Oc3c(-c4cccc(C#N)c4)cccc32)c2ccccc21. The summed E-state index contributed by atoms with van der Waals surface area (Å²) in [5, 5.41) is 9.56. The molecule has 2 heteroatoms. The van der Waals surface area contributed by atoms with Crippen LogP contribution < -0.4 is 4.74 Å². The van der Waals surface area contributed by atoms with Gasteiger partial charge in [0.2, 0.25) is 0 Å². The molecule has 0 fully saturated rings. The molecule has 37 heavy (non-hydrogen) atoms. The lowest BCUT2D eigenvalue weighted by molar-refractivity contribution is 0.427. The molecule has 1 heterocycles. The first-order valence-electron chi connectivity index (χ1n) is 12.7. The molecule has 0 saturated heterocycles. The Bertz CT molecular complexity index is 1700. The van der Waals surface area contributed by atoms with E-state index in [2.05, 4.69) is 111 Å². The molecule has 7 rings (SSSR count). The van der Waals surface area contributed by atoms with Crippen molar-refractivity contribution in [1.29, 1.82) is 5.26 Å². The Kier molecular flexibility index (Phi) is 4.50. The third-order valence-corrected chi connectivity index (χ3v) is 8.23. The maximum Gasteiger partial charge on any atom is 0.140 e. The van der Waals surface area contributed by atoms with E-state index in [1.54, 1.807) is 0 Å². The Morgan fingerprint density at radius 3 is 1.84 bits per heavy atom. The Balaban J connectivity index is 1.66. The second kappa shape index (κ2) is 7.69. The van der Waals surface area contributed by atoms with Gasteiger partial charge in [0.15, 0.2) is 0 Å². The molecule has 0 N–H and O–H groups in total. The maximum absolute atomic E-state index is 9.56. The summed E-state index contributed by atoms with van der Waals surface area (Å²) >= 11 is 0. The molecule has 2 nitrogen and oxygen atoms in total. The lowest BCUT2D eigenvalue weighted by Gasteiger charge is -2.50. The van der Waals surface area contributed by atoms with Gasteiger partial charge in [-0.2, -0.15) is 5.26 Å². The second-order valence-corrected chi connectivity index (χ2v) is 10.4. The smallest absolute Gasteiger partial charge is 0.140 e. The molecule has 2 aliphatic rings. The van der Waals surface area contributed by atoms with Gasteiger partial charge in [-0.1, -0.05) is 111 Å². The van der Waals surface area contributed by atoms with Crippen molar-refractivity contribution in [3.05, 3.63) is 154 Å². The fourth-order valence-corrected chi connectivity index (χ4v) is 6.63. The molecule has 5 aromatic rings. The monoisotopic (exact) mass is 475 g/mol. The van der Waals surface area contributed by atoms with Gasteiger partial charge < -0.3 is 4.74 Å². The zero-order chi connectivity index (χ0) is 25.2. The van der Waals surface area contributed by atoms with Crippen LogP contribution >= 0.6 is 0 Å². The Morgan fingerprint density at radius 2 is 1.16 bits per heavy atom. The molecule has 1 aliphatic carbocycles. The van der Waals surface area contributed by atoms with Crippen LogP contribution in [0.5, 0.6) is 11.5 Å². The van der Waals surface area contributed by atoms with E-state index in [1.165, 1.54) is 22.3 Å². The average molecular weight is 476 g/mol. The standard InChI is InChI=1S/C35H25NO/c1-34(2)26-14-3-5-16-28(26)35(29-17-6-4-15-27(29)34)30-18-7-8-20-32(30)37-33-25(13-10-19-31(33)35)24-12-9-11-23(21-24)22-36/h3-21H,1-2H3. The van der Waals surface area contributed by atoms with Gasteiger partial charge in [0, 0.05) is 22.1 Å². The highest BCUT2D eigenvalue weighted by atomic mass is 16.5. The first kappa shape index (κ1) is 21.7. The molecule has 0 atom stereocenters. The topological polar surface area (TPSA) is 33.0 Å². The van der Waals surface area contributed by atoms with Crippen LogP contribution in [0.25, 0.3) is 11.1 Å². The first-order valence-corrected chi connectivity index (χ1v) is 12.7.